The molecule has 0 aliphatic heterocycles. The number of nitrogens with zero attached hydrogens (tertiary/aromatic N) is 4. The van der Waals surface area contributed by atoms with Gasteiger partial charge in [0.15, 0.2) is 9.60 Å². The molecule has 14 heteroatoms. The number of hydrogen-bond acceptors (Lipinski definition) is 7. The predicted octanol–water partition coefficient (Wildman–Crippen LogP) is 3.74. The molecule has 0 bridgehead atoms. The van der Waals surface area contributed by atoms with Crippen molar-refractivity contribution in [2.45, 2.75) is 19.3 Å². The number of alkyl halides is 3. The average Bonchev–Trinajstić information content (AvgIpc) is 3.00. The fraction of sp³-hybridized carbons (Fsp3) is 0.176. The van der Waals surface area contributed by atoms with Crippen molar-refractivity contribution in [2.24, 2.45) is 0 Å². The van der Waals surface area contributed by atoms with Crippen molar-refractivity contribution in [1.82, 2.24) is 14.1 Å². The van der Waals surface area contributed by atoms with E-state index in [4.69, 9.17) is 12.2 Å². The maximum Gasteiger partial charge on any atom is 0.418 e. The highest BCUT2D eigenvalue weighted by molar-refractivity contribution is 7.73. The molecule has 31 heavy (non-hydrogen) atoms. The number of aromatic nitrogens is 3. The Morgan fingerprint density at radius 1 is 1.42 bits per heavy atom. The fourth-order valence-corrected chi connectivity index (χ4v) is 4.02. The van der Waals surface area contributed by atoms with Crippen LogP contribution < -0.4 is 10.9 Å². The van der Waals surface area contributed by atoms with Crippen LogP contribution in [0.3, 0.4) is 0 Å². The molecule has 0 spiro atoms. The second-order valence-electron chi connectivity index (χ2n) is 6.13. The van der Waals surface area contributed by atoms with E-state index in [1.54, 1.807) is 10.6 Å². The van der Waals surface area contributed by atoms with Crippen molar-refractivity contribution in [2.75, 3.05) is 5.32 Å². The van der Waals surface area contributed by atoms with E-state index in [2.05, 4.69) is 11.6 Å². The number of non-ortho nitro benzene ring substituents is 1. The molecular weight excluding hydrogens is 459 g/mol. The van der Waals surface area contributed by atoms with Gasteiger partial charge < -0.3 is 9.88 Å². The number of nitro benzene ring substituents is 1. The first-order valence-corrected chi connectivity index (χ1v) is 9.60. The Morgan fingerprint density at radius 3 is 2.74 bits per heavy atom. The van der Waals surface area contributed by atoms with Gasteiger partial charge in [0.1, 0.15) is 17.6 Å². The monoisotopic (exact) mass is 471 g/mol. The minimum absolute atomic E-state index is 0.188. The van der Waals surface area contributed by atoms with Gasteiger partial charge in [-0.1, -0.05) is 17.4 Å². The first-order valence-electron chi connectivity index (χ1n) is 8.38. The summed E-state index contributed by atoms with van der Waals surface area (Å²) in [5.74, 6) is -0.947. The van der Waals surface area contributed by atoms with E-state index in [1.165, 1.54) is 0 Å². The van der Waals surface area contributed by atoms with Crippen molar-refractivity contribution in [3.8, 4) is 0 Å². The molecule has 1 amide bonds. The molecule has 1 N–H and O–H groups in total. The maximum atomic E-state index is 13.3. The predicted molar refractivity (Wildman–Crippen MR) is 110 cm³/mol. The Kier molecular flexibility index (Phi) is 6.03. The third-order valence-electron chi connectivity index (χ3n) is 4.06. The number of thiazole rings is 1. The molecule has 3 aromatic rings. The summed E-state index contributed by atoms with van der Waals surface area (Å²) in [7, 11) is 0. The number of carbonyl (C=O) groups is 1. The quantitative estimate of drug-likeness (QED) is 0.254. The molecule has 0 radical (unpaired) electrons. The van der Waals surface area contributed by atoms with Gasteiger partial charge in [0.05, 0.1) is 16.2 Å². The maximum absolute atomic E-state index is 13.3. The Hall–Kier alpha value is -3.39. The minimum atomic E-state index is -4.94. The van der Waals surface area contributed by atoms with Gasteiger partial charge in [-0.25, -0.2) is 4.98 Å². The highest BCUT2D eigenvalue weighted by Gasteiger charge is 2.35. The molecule has 0 fully saturated rings. The van der Waals surface area contributed by atoms with Crippen LogP contribution in [0.2, 0.25) is 0 Å². The number of fused-ring (bicyclic) bond motifs is 1. The third kappa shape index (κ3) is 4.54. The summed E-state index contributed by atoms with van der Waals surface area (Å²) in [6.45, 7) is 3.30. The van der Waals surface area contributed by atoms with E-state index < -0.39 is 46.0 Å². The van der Waals surface area contributed by atoms with E-state index in [1.807, 2.05) is 5.32 Å². The first kappa shape index (κ1) is 22.3. The van der Waals surface area contributed by atoms with Crippen LogP contribution in [0.4, 0.5) is 24.5 Å². The molecule has 0 atom stereocenters. The van der Waals surface area contributed by atoms with Crippen LogP contribution in [-0.2, 0) is 24.1 Å². The van der Waals surface area contributed by atoms with E-state index >= 15 is 0 Å². The second-order valence-corrected chi connectivity index (χ2v) is 7.77. The number of amides is 1. The lowest BCUT2D eigenvalue weighted by atomic mass is 10.1. The number of rotatable bonds is 6. The number of allylic oxidation sites excluding steroid dienone is 1. The number of nitrogens with one attached hydrogen (secondary N) is 1. The molecule has 1 aromatic carbocycles. The van der Waals surface area contributed by atoms with E-state index in [9.17, 15) is 32.9 Å². The van der Waals surface area contributed by atoms with Crippen LogP contribution in [0.15, 0.2) is 42.0 Å². The zero-order chi connectivity index (χ0) is 22.9. The number of anilines is 1. The summed E-state index contributed by atoms with van der Waals surface area (Å²) >= 11 is 6.18. The summed E-state index contributed by atoms with van der Waals surface area (Å²) in [5.41, 5.74) is -3.10. The summed E-state index contributed by atoms with van der Waals surface area (Å²) < 4.78 is 42.8. The molecular formula is C17H12F3N5O4S2. The second kappa shape index (κ2) is 8.39. The van der Waals surface area contributed by atoms with E-state index in [-0.39, 0.29) is 4.70 Å². The summed E-state index contributed by atoms with van der Waals surface area (Å²) in [6, 6.07) is 1.94. The van der Waals surface area contributed by atoms with Crippen molar-refractivity contribution in [1.29, 1.82) is 0 Å². The Labute approximate surface area is 180 Å². The fourth-order valence-electron chi connectivity index (χ4n) is 2.71. The van der Waals surface area contributed by atoms with Crippen molar-refractivity contribution >= 4 is 51.2 Å². The lowest BCUT2D eigenvalue weighted by Crippen LogP contribution is -2.28. The zero-order valence-electron chi connectivity index (χ0n) is 15.4. The first-order chi connectivity index (χ1) is 14.5. The molecule has 9 nitrogen and oxygen atoms in total. The standard InChI is InChI=1S/C17H12F3N5O4S2/c1-2-5-24-14-13(31-16(24)30)15(27)23(8-21-14)7-12(26)22-11-4-3-9(25(28)29)6-10(11)17(18,19)20/h2-4,6,8H,1,5,7H2,(H,22,26). The highest BCUT2D eigenvalue weighted by Crippen LogP contribution is 2.37. The molecule has 0 saturated heterocycles. The normalized spacial score (nSPS) is 11.5. The van der Waals surface area contributed by atoms with Crippen molar-refractivity contribution < 1.29 is 22.9 Å². The molecule has 3 rings (SSSR count). The highest BCUT2D eigenvalue weighted by atomic mass is 32.1. The van der Waals surface area contributed by atoms with E-state index in [0.29, 0.717) is 22.2 Å². The van der Waals surface area contributed by atoms with Crippen LogP contribution in [-0.4, -0.2) is 24.9 Å². The Balaban J connectivity index is 1.91. The lowest BCUT2D eigenvalue weighted by Gasteiger charge is -2.14. The molecule has 2 aromatic heterocycles. The van der Waals surface area contributed by atoms with Crippen LogP contribution in [0, 0.1) is 14.1 Å². The molecule has 0 aliphatic carbocycles. The van der Waals surface area contributed by atoms with Crippen molar-refractivity contribution in [3.05, 3.63) is 67.2 Å². The molecule has 0 unspecified atom stereocenters. The number of nitro groups is 1. The van der Waals surface area contributed by atoms with Crippen molar-refractivity contribution in [3.63, 3.8) is 0 Å². The number of benzene rings is 1. The van der Waals surface area contributed by atoms with Crippen LogP contribution in [0.25, 0.3) is 10.3 Å². The van der Waals surface area contributed by atoms with Gasteiger partial charge in [-0.05, 0) is 18.3 Å². The van der Waals surface area contributed by atoms with Gasteiger partial charge in [-0.3, -0.25) is 24.3 Å². The molecule has 2 heterocycles. The SMILES string of the molecule is C=CCn1c(=S)sc2c(=O)n(CC(=O)Nc3ccc([N+](=O)[O-])cc3C(F)(F)F)cnc21. The van der Waals surface area contributed by atoms with Crippen LogP contribution in [0.5, 0.6) is 0 Å². The number of hydrogen-bond donors (Lipinski definition) is 1. The zero-order valence-corrected chi connectivity index (χ0v) is 17.0. The summed E-state index contributed by atoms with van der Waals surface area (Å²) in [6.07, 6.45) is -2.28. The van der Waals surface area contributed by atoms with Crippen LogP contribution >= 0.6 is 23.6 Å². The largest absolute Gasteiger partial charge is 0.418 e. The van der Waals surface area contributed by atoms with E-state index in [0.717, 1.165) is 34.4 Å². The third-order valence-corrected chi connectivity index (χ3v) is 5.49. The number of carbonyl (C=O) groups excluding carboxylic acids is 1. The molecule has 162 valence electrons. The summed E-state index contributed by atoms with van der Waals surface area (Å²) in [4.78, 5) is 38.8. The van der Waals surface area contributed by atoms with Gasteiger partial charge in [0.25, 0.3) is 11.2 Å². The average molecular weight is 471 g/mol. The van der Waals surface area contributed by atoms with Gasteiger partial charge >= 0.3 is 6.18 Å². The topological polar surface area (TPSA) is 112 Å². The molecule has 0 saturated carbocycles. The number of halogens is 3. The van der Waals surface area contributed by atoms with Gasteiger partial charge in [0.2, 0.25) is 5.91 Å². The van der Waals surface area contributed by atoms with Crippen LogP contribution in [0.1, 0.15) is 5.56 Å². The lowest BCUT2D eigenvalue weighted by molar-refractivity contribution is -0.385. The van der Waals surface area contributed by atoms with Gasteiger partial charge in [-0.15, -0.1) is 6.58 Å². The summed E-state index contributed by atoms with van der Waals surface area (Å²) in [5, 5.41) is 12.8. The van der Waals surface area contributed by atoms with Gasteiger partial charge in [0, 0.05) is 18.7 Å². The minimum Gasteiger partial charge on any atom is -0.324 e. The van der Waals surface area contributed by atoms with Gasteiger partial charge in [-0.2, -0.15) is 13.2 Å². The smallest absolute Gasteiger partial charge is 0.324 e. The Morgan fingerprint density at radius 2 is 2.13 bits per heavy atom. The Bertz CT molecular complexity index is 1330. The molecule has 0 aliphatic rings.